The van der Waals surface area contributed by atoms with Crippen molar-refractivity contribution in [1.29, 1.82) is 0 Å². The van der Waals surface area contributed by atoms with E-state index >= 15 is 0 Å². The number of aliphatic carboxylic acids is 1. The maximum Gasteiger partial charge on any atom is 0.307 e. The normalized spacial score (nSPS) is 25.5. The van der Waals surface area contributed by atoms with Gasteiger partial charge in [-0.1, -0.05) is 13.3 Å². The van der Waals surface area contributed by atoms with E-state index in [2.05, 4.69) is 26.9 Å². The number of nitrogen functional groups attached to an aromatic ring is 1. The Hall–Kier alpha value is -2.38. The largest absolute Gasteiger partial charge is 0.481 e. The minimum absolute atomic E-state index is 0.00167. The third-order valence-corrected chi connectivity index (χ3v) is 4.30. The first-order valence-corrected chi connectivity index (χ1v) is 6.97. The number of fused-ring (bicyclic) bond motifs is 1. The number of aromatic nitrogens is 4. The van der Waals surface area contributed by atoms with Gasteiger partial charge in [0.15, 0.2) is 11.2 Å². The summed E-state index contributed by atoms with van der Waals surface area (Å²) in [5.74, 6) is -0.650. The molecule has 0 aromatic carbocycles. The van der Waals surface area contributed by atoms with Crippen LogP contribution in [0.5, 0.6) is 0 Å². The van der Waals surface area contributed by atoms with Crippen LogP contribution in [0.1, 0.15) is 37.9 Å². The Morgan fingerprint density at radius 3 is 2.81 bits per heavy atom. The molecule has 2 aromatic heterocycles. The Morgan fingerprint density at radius 1 is 1.38 bits per heavy atom. The average molecular weight is 291 g/mol. The summed E-state index contributed by atoms with van der Waals surface area (Å²) in [6.07, 6.45) is 2.33. The van der Waals surface area contributed by atoms with Gasteiger partial charge in [0.1, 0.15) is 5.82 Å². The second kappa shape index (κ2) is 4.87. The van der Waals surface area contributed by atoms with Gasteiger partial charge in [-0.25, -0.2) is 4.98 Å². The zero-order valence-electron chi connectivity index (χ0n) is 11.6. The zero-order chi connectivity index (χ0) is 15.1. The number of H-pyrrole nitrogens is 2. The first-order valence-electron chi connectivity index (χ1n) is 6.97. The van der Waals surface area contributed by atoms with Crippen LogP contribution in [0.4, 0.5) is 5.95 Å². The summed E-state index contributed by atoms with van der Waals surface area (Å²) in [7, 11) is 0. The van der Waals surface area contributed by atoms with E-state index in [4.69, 9.17) is 5.73 Å². The number of aromatic amines is 2. The number of carboxylic acid groups (broad SMARTS) is 1. The third-order valence-electron chi connectivity index (χ3n) is 4.30. The lowest BCUT2D eigenvalue weighted by molar-refractivity contribution is -0.142. The number of nitrogens with one attached hydrogen (secondary N) is 2. The van der Waals surface area contributed by atoms with Gasteiger partial charge < -0.3 is 15.8 Å². The highest BCUT2D eigenvalue weighted by atomic mass is 16.4. The van der Waals surface area contributed by atoms with Crippen molar-refractivity contribution in [1.82, 2.24) is 19.9 Å². The first-order chi connectivity index (χ1) is 9.99. The number of carboxylic acids is 1. The quantitative estimate of drug-likeness (QED) is 0.661. The van der Waals surface area contributed by atoms with E-state index in [0.717, 1.165) is 12.8 Å². The molecule has 3 rings (SSSR count). The number of carbonyl (C=O) groups is 1. The van der Waals surface area contributed by atoms with Crippen LogP contribution in [0.3, 0.4) is 0 Å². The standard InChI is InChI=1S/C13H17N5O3/c1-2-5-3-6(7(4-5)12(20)21)9-15-8-10(16-9)17-13(14)18-11(8)19/h5-7H,2-4H2,1H3,(H,20,21)(H4,14,15,16,17,18,19). The number of hydrogen-bond acceptors (Lipinski definition) is 5. The fourth-order valence-electron chi connectivity index (χ4n) is 3.17. The number of anilines is 1. The summed E-state index contributed by atoms with van der Waals surface area (Å²) < 4.78 is 0. The smallest absolute Gasteiger partial charge is 0.307 e. The fourth-order valence-corrected chi connectivity index (χ4v) is 3.17. The zero-order valence-corrected chi connectivity index (χ0v) is 11.6. The average Bonchev–Trinajstić information content (AvgIpc) is 3.01. The molecule has 8 nitrogen and oxygen atoms in total. The molecule has 1 saturated carbocycles. The summed E-state index contributed by atoms with van der Waals surface area (Å²) in [5, 5.41) is 9.39. The fraction of sp³-hybridized carbons (Fsp3) is 0.538. The molecular weight excluding hydrogens is 274 g/mol. The first kappa shape index (κ1) is 13.6. The number of nitrogens with two attached hydrogens (primary N) is 1. The molecule has 1 aliphatic carbocycles. The molecule has 21 heavy (non-hydrogen) atoms. The summed E-state index contributed by atoms with van der Waals surface area (Å²) in [6.45, 7) is 2.05. The molecule has 112 valence electrons. The van der Waals surface area contributed by atoms with Crippen LogP contribution in [-0.2, 0) is 4.79 Å². The van der Waals surface area contributed by atoms with E-state index in [-0.39, 0.29) is 23.0 Å². The van der Waals surface area contributed by atoms with Crippen molar-refractivity contribution in [3.63, 3.8) is 0 Å². The number of hydrogen-bond donors (Lipinski definition) is 4. The molecule has 0 aliphatic heterocycles. The molecule has 2 aromatic rings. The molecule has 8 heteroatoms. The maximum atomic E-state index is 11.8. The Labute approximate surface area is 119 Å². The molecule has 1 aliphatic rings. The van der Waals surface area contributed by atoms with Crippen molar-refractivity contribution in [2.75, 3.05) is 5.73 Å². The molecule has 3 unspecified atom stereocenters. The van der Waals surface area contributed by atoms with E-state index in [9.17, 15) is 14.7 Å². The summed E-state index contributed by atoms with van der Waals surface area (Å²) in [5.41, 5.74) is 5.57. The van der Waals surface area contributed by atoms with E-state index < -0.39 is 17.4 Å². The number of imidazole rings is 1. The number of rotatable bonds is 3. The number of nitrogens with zero attached hydrogens (tertiary/aromatic N) is 2. The van der Waals surface area contributed by atoms with Crippen molar-refractivity contribution in [2.45, 2.75) is 32.1 Å². The van der Waals surface area contributed by atoms with Crippen LogP contribution in [0.2, 0.25) is 0 Å². The van der Waals surface area contributed by atoms with Crippen LogP contribution >= 0.6 is 0 Å². The molecule has 0 spiro atoms. The Bertz CT molecular complexity index is 750. The van der Waals surface area contributed by atoms with E-state index in [1.54, 1.807) is 0 Å². The van der Waals surface area contributed by atoms with E-state index in [1.165, 1.54) is 0 Å². The lowest BCUT2D eigenvalue weighted by Crippen LogP contribution is -2.17. The van der Waals surface area contributed by atoms with Crippen molar-refractivity contribution in [2.24, 2.45) is 11.8 Å². The molecule has 5 N–H and O–H groups in total. The topological polar surface area (TPSA) is 138 Å². The predicted octanol–water partition coefficient (Wildman–Crippen LogP) is 0.833. The van der Waals surface area contributed by atoms with Gasteiger partial charge in [-0.3, -0.25) is 14.6 Å². The van der Waals surface area contributed by atoms with Gasteiger partial charge in [-0.05, 0) is 18.8 Å². The van der Waals surface area contributed by atoms with Gasteiger partial charge in [-0.15, -0.1) is 0 Å². The maximum absolute atomic E-state index is 11.8. The Morgan fingerprint density at radius 2 is 2.14 bits per heavy atom. The van der Waals surface area contributed by atoms with Crippen molar-refractivity contribution in [3.8, 4) is 0 Å². The minimum atomic E-state index is -0.821. The van der Waals surface area contributed by atoms with Gasteiger partial charge in [-0.2, -0.15) is 4.98 Å². The van der Waals surface area contributed by atoms with Crippen LogP contribution in [-0.4, -0.2) is 31.0 Å². The highest BCUT2D eigenvalue weighted by Crippen LogP contribution is 2.43. The molecular formula is C13H17N5O3. The third kappa shape index (κ3) is 2.26. The molecule has 0 saturated heterocycles. The van der Waals surface area contributed by atoms with Crippen LogP contribution < -0.4 is 11.3 Å². The highest BCUT2D eigenvalue weighted by molar-refractivity contribution is 5.73. The Balaban J connectivity index is 2.05. The van der Waals surface area contributed by atoms with Crippen LogP contribution in [0, 0.1) is 11.8 Å². The SMILES string of the molecule is CCC1CC(C(=O)O)C(c2nc3nc(N)[nH]c(=O)c3[nH]2)C1. The Kier molecular flexibility index (Phi) is 3.15. The molecule has 0 bridgehead atoms. The van der Waals surface area contributed by atoms with Crippen molar-refractivity contribution >= 4 is 23.1 Å². The van der Waals surface area contributed by atoms with Gasteiger partial charge in [0.05, 0.1) is 5.92 Å². The second-order valence-corrected chi connectivity index (χ2v) is 5.57. The highest BCUT2D eigenvalue weighted by Gasteiger charge is 2.40. The summed E-state index contributed by atoms with van der Waals surface area (Å²) in [6, 6.07) is 0. The summed E-state index contributed by atoms with van der Waals surface area (Å²) in [4.78, 5) is 36.8. The second-order valence-electron chi connectivity index (χ2n) is 5.57. The predicted molar refractivity (Wildman–Crippen MR) is 75.8 cm³/mol. The lowest BCUT2D eigenvalue weighted by Gasteiger charge is -2.12. The minimum Gasteiger partial charge on any atom is -0.481 e. The summed E-state index contributed by atoms with van der Waals surface area (Å²) >= 11 is 0. The van der Waals surface area contributed by atoms with Gasteiger partial charge in [0.25, 0.3) is 5.56 Å². The molecule has 2 heterocycles. The van der Waals surface area contributed by atoms with Crippen LogP contribution in [0.15, 0.2) is 4.79 Å². The molecule has 0 radical (unpaired) electrons. The van der Waals surface area contributed by atoms with Gasteiger partial charge in [0.2, 0.25) is 5.95 Å². The van der Waals surface area contributed by atoms with E-state index in [0.29, 0.717) is 18.2 Å². The van der Waals surface area contributed by atoms with Crippen molar-refractivity contribution < 1.29 is 9.90 Å². The molecule has 3 atom stereocenters. The molecule has 1 fully saturated rings. The van der Waals surface area contributed by atoms with Crippen molar-refractivity contribution in [3.05, 3.63) is 16.2 Å². The van der Waals surface area contributed by atoms with E-state index in [1.807, 2.05) is 0 Å². The lowest BCUT2D eigenvalue weighted by atomic mass is 9.96. The van der Waals surface area contributed by atoms with Crippen LogP contribution in [0.25, 0.3) is 11.2 Å². The van der Waals surface area contributed by atoms with Gasteiger partial charge in [0, 0.05) is 5.92 Å². The monoisotopic (exact) mass is 291 g/mol. The van der Waals surface area contributed by atoms with Gasteiger partial charge >= 0.3 is 5.97 Å². The molecule has 0 amide bonds.